The molecular weight excluding hydrogens is 287 g/mol. The molecule has 0 saturated heterocycles. The lowest BCUT2D eigenvalue weighted by Gasteiger charge is -2.26. The third-order valence-electron chi connectivity index (χ3n) is 4.97. The van der Waals surface area contributed by atoms with Crippen molar-refractivity contribution < 1.29 is 0 Å². The highest BCUT2D eigenvalue weighted by Gasteiger charge is 2.20. The normalized spacial score (nSPS) is 34.7. The molecule has 2 aliphatic rings. The number of allylic oxidation sites excluding steroid dienone is 1. The van der Waals surface area contributed by atoms with E-state index in [1.807, 2.05) is 0 Å². The van der Waals surface area contributed by atoms with Crippen molar-refractivity contribution in [1.29, 1.82) is 0 Å². The van der Waals surface area contributed by atoms with Gasteiger partial charge in [0.1, 0.15) is 0 Å². The molecule has 0 aliphatic heterocycles. The Balaban J connectivity index is 1.70. The third kappa shape index (κ3) is 5.34. The molecule has 112 valence electrons. The zero-order valence-electron chi connectivity index (χ0n) is 12.3. The molecule has 0 amide bonds. The summed E-state index contributed by atoms with van der Waals surface area (Å²) in [5, 5.41) is 0. The third-order valence-corrected chi connectivity index (χ3v) is 5.34. The van der Waals surface area contributed by atoms with Crippen LogP contribution in [0.15, 0.2) is 11.6 Å². The molecule has 0 nitrogen and oxygen atoms in total. The summed E-state index contributed by atoms with van der Waals surface area (Å²) in [6.45, 7) is 0. The molecule has 0 atom stereocenters. The van der Waals surface area contributed by atoms with Crippen LogP contribution in [-0.4, -0.2) is 5.88 Å². The van der Waals surface area contributed by atoms with Crippen molar-refractivity contribution in [3.63, 3.8) is 0 Å². The molecule has 20 heavy (non-hydrogen) atoms. The van der Waals surface area contributed by atoms with Gasteiger partial charge in [-0.15, -0.1) is 11.6 Å². The van der Waals surface area contributed by atoms with E-state index in [2.05, 4.69) is 17.9 Å². The van der Waals surface area contributed by atoms with Crippen LogP contribution in [0.2, 0.25) is 0 Å². The van der Waals surface area contributed by atoms with Crippen LogP contribution in [0.3, 0.4) is 0 Å². The molecule has 0 spiro atoms. The lowest BCUT2D eigenvalue weighted by atomic mass is 9.79. The topological polar surface area (TPSA) is 0 Å². The summed E-state index contributed by atoms with van der Waals surface area (Å²) in [6, 6.07) is 0. The van der Waals surface area contributed by atoms with Crippen molar-refractivity contribution in [2.45, 2.75) is 57.8 Å². The van der Waals surface area contributed by atoms with E-state index < -0.39 is 0 Å². The van der Waals surface area contributed by atoms with Gasteiger partial charge in [-0.1, -0.05) is 29.5 Å². The predicted octanol–water partition coefficient (Wildman–Crippen LogP) is 5.98. The number of alkyl halides is 1. The number of halogens is 2. The van der Waals surface area contributed by atoms with E-state index >= 15 is 0 Å². The minimum absolute atomic E-state index is 0.635. The Kier molecular flexibility index (Phi) is 7.32. The molecule has 0 N–H and O–H groups in total. The van der Waals surface area contributed by atoms with Gasteiger partial charge in [0.25, 0.3) is 0 Å². The van der Waals surface area contributed by atoms with Gasteiger partial charge >= 0.3 is 0 Å². The zero-order chi connectivity index (χ0) is 14.2. The Morgan fingerprint density at radius 2 is 1.40 bits per heavy atom. The van der Waals surface area contributed by atoms with E-state index in [1.165, 1.54) is 57.8 Å². The first-order chi connectivity index (χ1) is 9.81. The Morgan fingerprint density at radius 1 is 0.850 bits per heavy atom. The van der Waals surface area contributed by atoms with Gasteiger partial charge in [0.2, 0.25) is 0 Å². The molecule has 0 heterocycles. The highest BCUT2D eigenvalue weighted by atomic mass is 35.5. The van der Waals surface area contributed by atoms with Crippen molar-refractivity contribution in [3.05, 3.63) is 11.6 Å². The molecule has 2 fully saturated rings. The van der Waals surface area contributed by atoms with Crippen LogP contribution in [0.4, 0.5) is 0 Å². The van der Waals surface area contributed by atoms with E-state index in [1.54, 1.807) is 5.54 Å². The van der Waals surface area contributed by atoms with Crippen molar-refractivity contribution in [2.75, 3.05) is 5.88 Å². The van der Waals surface area contributed by atoms with Gasteiger partial charge in [0.15, 0.2) is 0 Å². The van der Waals surface area contributed by atoms with E-state index in [-0.39, 0.29) is 0 Å². The molecule has 2 heteroatoms. The van der Waals surface area contributed by atoms with Gasteiger partial charge < -0.3 is 0 Å². The summed E-state index contributed by atoms with van der Waals surface area (Å²) < 4.78 is 0. The SMILES string of the molecule is ClC=CC1CCC(C#CC2CCC(CCCl)CC2)CC1. The Morgan fingerprint density at radius 3 is 1.90 bits per heavy atom. The minimum atomic E-state index is 0.635. The summed E-state index contributed by atoms with van der Waals surface area (Å²) in [4.78, 5) is 0. The van der Waals surface area contributed by atoms with Crippen molar-refractivity contribution in [1.82, 2.24) is 0 Å². The molecule has 0 aromatic carbocycles. The summed E-state index contributed by atoms with van der Waals surface area (Å²) in [5.41, 5.74) is 1.68. The minimum Gasteiger partial charge on any atom is -0.127 e. The van der Waals surface area contributed by atoms with Crippen molar-refractivity contribution >= 4 is 23.2 Å². The van der Waals surface area contributed by atoms with Gasteiger partial charge in [-0.3, -0.25) is 0 Å². The van der Waals surface area contributed by atoms with Gasteiger partial charge in [-0.2, -0.15) is 0 Å². The lowest BCUT2D eigenvalue weighted by molar-refractivity contribution is 0.310. The Labute approximate surface area is 134 Å². The van der Waals surface area contributed by atoms with E-state index in [0.717, 1.165) is 11.8 Å². The largest absolute Gasteiger partial charge is 0.127 e. The maximum Gasteiger partial charge on any atom is 0.0226 e. The van der Waals surface area contributed by atoms with Crippen LogP contribution in [0, 0.1) is 35.5 Å². The quantitative estimate of drug-likeness (QED) is 0.444. The highest BCUT2D eigenvalue weighted by Crippen LogP contribution is 2.32. The van der Waals surface area contributed by atoms with Gasteiger partial charge in [0.05, 0.1) is 0 Å². The van der Waals surface area contributed by atoms with Crippen LogP contribution < -0.4 is 0 Å². The van der Waals surface area contributed by atoms with Gasteiger partial charge in [0, 0.05) is 23.3 Å². The number of hydrogen-bond donors (Lipinski definition) is 0. The standard InChI is InChI=1S/C18H26Cl2/c19-13-11-17-7-3-15(4-8-17)1-2-16-5-9-18(10-6-16)12-14-20/h11,13,15-18H,3-10,12,14H2. The molecule has 0 bridgehead atoms. The zero-order valence-corrected chi connectivity index (χ0v) is 13.8. The van der Waals surface area contributed by atoms with Crippen LogP contribution in [0.5, 0.6) is 0 Å². The van der Waals surface area contributed by atoms with Gasteiger partial charge in [-0.05, 0) is 69.6 Å². The first kappa shape index (κ1) is 16.3. The van der Waals surface area contributed by atoms with E-state index in [4.69, 9.17) is 23.2 Å². The van der Waals surface area contributed by atoms with Crippen LogP contribution in [0.1, 0.15) is 57.8 Å². The number of hydrogen-bond acceptors (Lipinski definition) is 0. The van der Waals surface area contributed by atoms with E-state index in [9.17, 15) is 0 Å². The average molecular weight is 313 g/mol. The summed E-state index contributed by atoms with van der Waals surface area (Å²) in [7, 11) is 0. The monoisotopic (exact) mass is 312 g/mol. The van der Waals surface area contributed by atoms with E-state index in [0.29, 0.717) is 17.8 Å². The van der Waals surface area contributed by atoms with Crippen LogP contribution in [0.25, 0.3) is 0 Å². The molecule has 0 radical (unpaired) electrons. The molecular formula is C18H26Cl2. The first-order valence-electron chi connectivity index (χ1n) is 8.15. The summed E-state index contributed by atoms with van der Waals surface area (Å²) in [6.07, 6.45) is 13.6. The van der Waals surface area contributed by atoms with Crippen LogP contribution >= 0.6 is 23.2 Å². The molecule has 2 rings (SSSR count). The van der Waals surface area contributed by atoms with Crippen molar-refractivity contribution in [3.8, 4) is 11.8 Å². The number of rotatable bonds is 3. The fourth-order valence-corrected chi connectivity index (χ4v) is 4.06. The summed E-state index contributed by atoms with van der Waals surface area (Å²) >= 11 is 11.5. The maximum atomic E-state index is 5.83. The highest BCUT2D eigenvalue weighted by molar-refractivity contribution is 6.25. The Bertz CT molecular complexity index is 347. The second-order valence-electron chi connectivity index (χ2n) is 6.41. The molecule has 0 unspecified atom stereocenters. The first-order valence-corrected chi connectivity index (χ1v) is 9.12. The smallest absolute Gasteiger partial charge is 0.0226 e. The lowest BCUT2D eigenvalue weighted by Crippen LogP contribution is -2.15. The summed E-state index contributed by atoms with van der Waals surface area (Å²) in [5.74, 6) is 10.8. The van der Waals surface area contributed by atoms with Crippen LogP contribution in [-0.2, 0) is 0 Å². The van der Waals surface area contributed by atoms with Gasteiger partial charge in [-0.25, -0.2) is 0 Å². The Hall–Kier alpha value is -0.120. The molecule has 0 aromatic rings. The van der Waals surface area contributed by atoms with Crippen molar-refractivity contribution in [2.24, 2.45) is 23.7 Å². The molecule has 0 aromatic heterocycles. The fourth-order valence-electron chi connectivity index (χ4n) is 3.54. The average Bonchev–Trinajstić information content (AvgIpc) is 2.49. The fraction of sp³-hybridized carbons (Fsp3) is 0.778. The second kappa shape index (κ2) is 9.01. The second-order valence-corrected chi connectivity index (χ2v) is 7.04. The maximum absolute atomic E-state index is 5.83. The molecule has 2 saturated carbocycles. The molecule has 2 aliphatic carbocycles. The predicted molar refractivity (Wildman–Crippen MR) is 89.0 cm³/mol.